The quantitative estimate of drug-likeness (QED) is 0.674. The molecule has 3 aromatic rings. The molecule has 0 spiro atoms. The maximum atomic E-state index is 13.9. The molecule has 0 saturated heterocycles. The maximum Gasteiger partial charge on any atom is 0.279 e. The molecule has 0 atom stereocenters. The second kappa shape index (κ2) is 5.50. The number of nitrogens with zero attached hydrogens (tertiary/aromatic N) is 2. The molecular formula is C17H15FN2OS. The second-order valence-electron chi connectivity index (χ2n) is 5.25. The van der Waals surface area contributed by atoms with Crippen molar-refractivity contribution in [1.82, 2.24) is 4.57 Å². The van der Waals surface area contributed by atoms with E-state index in [0.29, 0.717) is 15.9 Å². The van der Waals surface area contributed by atoms with Crippen molar-refractivity contribution in [3.05, 3.63) is 63.7 Å². The van der Waals surface area contributed by atoms with Crippen LogP contribution in [0.15, 0.2) is 41.4 Å². The average molecular weight is 314 g/mol. The molecular weight excluding hydrogens is 299 g/mol. The smallest absolute Gasteiger partial charge is 0.279 e. The highest BCUT2D eigenvalue weighted by atomic mass is 32.1. The molecule has 0 aliphatic carbocycles. The number of thiazole rings is 1. The first-order valence-electron chi connectivity index (χ1n) is 6.88. The van der Waals surface area contributed by atoms with Crippen LogP contribution in [0.4, 0.5) is 4.39 Å². The zero-order chi connectivity index (χ0) is 15.9. The lowest BCUT2D eigenvalue weighted by Crippen LogP contribution is -2.13. The van der Waals surface area contributed by atoms with Crippen molar-refractivity contribution < 1.29 is 9.18 Å². The molecule has 1 amide bonds. The van der Waals surface area contributed by atoms with E-state index in [1.807, 2.05) is 32.0 Å². The number of hydrogen-bond acceptors (Lipinski definition) is 2. The fraction of sp³-hybridized carbons (Fsp3) is 0.176. The third-order valence-corrected chi connectivity index (χ3v) is 4.82. The molecule has 22 heavy (non-hydrogen) atoms. The van der Waals surface area contributed by atoms with Crippen molar-refractivity contribution in [1.29, 1.82) is 0 Å². The number of benzene rings is 2. The zero-order valence-corrected chi connectivity index (χ0v) is 13.4. The Morgan fingerprint density at radius 3 is 2.64 bits per heavy atom. The normalized spacial score (nSPS) is 12.1. The number of halogens is 1. The average Bonchev–Trinajstić information content (AvgIpc) is 2.79. The summed E-state index contributed by atoms with van der Waals surface area (Å²) in [7, 11) is 1.72. The molecule has 1 heterocycles. The van der Waals surface area contributed by atoms with Crippen LogP contribution in [0.5, 0.6) is 0 Å². The molecule has 3 rings (SSSR count). The van der Waals surface area contributed by atoms with Crippen LogP contribution in [0, 0.1) is 19.7 Å². The molecule has 0 aliphatic heterocycles. The molecule has 0 bridgehead atoms. The Hall–Kier alpha value is -2.27. The minimum absolute atomic E-state index is 0.309. The van der Waals surface area contributed by atoms with Gasteiger partial charge in [-0.05, 0) is 49.2 Å². The van der Waals surface area contributed by atoms with E-state index in [2.05, 4.69) is 4.99 Å². The molecule has 2 aromatic carbocycles. The largest absolute Gasteiger partial charge is 0.317 e. The van der Waals surface area contributed by atoms with Gasteiger partial charge < -0.3 is 4.57 Å². The van der Waals surface area contributed by atoms with Crippen LogP contribution >= 0.6 is 11.3 Å². The van der Waals surface area contributed by atoms with Crippen molar-refractivity contribution in [3.63, 3.8) is 0 Å². The molecule has 0 fully saturated rings. The van der Waals surface area contributed by atoms with Gasteiger partial charge in [-0.3, -0.25) is 4.79 Å². The topological polar surface area (TPSA) is 34.4 Å². The third-order valence-electron chi connectivity index (χ3n) is 3.72. The lowest BCUT2D eigenvalue weighted by Gasteiger charge is -2.01. The van der Waals surface area contributed by atoms with E-state index in [0.717, 1.165) is 15.8 Å². The van der Waals surface area contributed by atoms with Gasteiger partial charge in [-0.25, -0.2) is 4.39 Å². The first-order chi connectivity index (χ1) is 10.5. The molecule has 0 unspecified atom stereocenters. The number of aryl methyl sites for hydroxylation is 3. The Morgan fingerprint density at radius 1 is 1.18 bits per heavy atom. The van der Waals surface area contributed by atoms with Crippen LogP contribution in [0.3, 0.4) is 0 Å². The van der Waals surface area contributed by atoms with E-state index in [-0.39, 0.29) is 11.7 Å². The van der Waals surface area contributed by atoms with Gasteiger partial charge in [-0.1, -0.05) is 23.5 Å². The van der Waals surface area contributed by atoms with Crippen molar-refractivity contribution in [2.24, 2.45) is 12.0 Å². The van der Waals surface area contributed by atoms with E-state index in [4.69, 9.17) is 0 Å². The van der Waals surface area contributed by atoms with Crippen LogP contribution in [0.25, 0.3) is 10.2 Å². The summed E-state index contributed by atoms with van der Waals surface area (Å²) in [6.07, 6.45) is 0. The lowest BCUT2D eigenvalue weighted by molar-refractivity contribution is 0.0998. The summed E-state index contributed by atoms with van der Waals surface area (Å²) in [5, 5.41) is 0. The number of hydrogen-bond donors (Lipinski definition) is 0. The number of aromatic nitrogens is 1. The van der Waals surface area contributed by atoms with Gasteiger partial charge in [0.25, 0.3) is 5.91 Å². The summed E-state index contributed by atoms with van der Waals surface area (Å²) in [5.41, 5.74) is 3.19. The highest BCUT2D eigenvalue weighted by molar-refractivity contribution is 7.16. The minimum Gasteiger partial charge on any atom is -0.317 e. The summed E-state index contributed by atoms with van der Waals surface area (Å²) in [4.78, 5) is 17.0. The highest BCUT2D eigenvalue weighted by Gasteiger charge is 2.10. The summed E-state index contributed by atoms with van der Waals surface area (Å²) in [6, 6.07) is 10.4. The molecule has 5 heteroatoms. The van der Waals surface area contributed by atoms with Gasteiger partial charge in [0, 0.05) is 12.6 Å². The van der Waals surface area contributed by atoms with Crippen molar-refractivity contribution >= 4 is 27.5 Å². The van der Waals surface area contributed by atoms with Crippen LogP contribution in [0.1, 0.15) is 21.5 Å². The summed E-state index contributed by atoms with van der Waals surface area (Å²) < 4.78 is 16.3. The first kappa shape index (κ1) is 14.7. The Morgan fingerprint density at radius 2 is 1.95 bits per heavy atom. The Balaban J connectivity index is 2.12. The number of carbonyl (C=O) groups excluding carboxylic acids is 1. The monoisotopic (exact) mass is 314 g/mol. The molecule has 1 aromatic heterocycles. The first-order valence-corrected chi connectivity index (χ1v) is 7.69. The second-order valence-corrected chi connectivity index (χ2v) is 6.26. The molecule has 3 nitrogen and oxygen atoms in total. The van der Waals surface area contributed by atoms with Gasteiger partial charge in [0.15, 0.2) is 4.80 Å². The van der Waals surface area contributed by atoms with Crippen molar-refractivity contribution in [3.8, 4) is 0 Å². The summed E-state index contributed by atoms with van der Waals surface area (Å²) in [6.45, 7) is 3.95. The van der Waals surface area contributed by atoms with Crippen molar-refractivity contribution in [2.75, 3.05) is 0 Å². The van der Waals surface area contributed by atoms with Gasteiger partial charge in [-0.15, -0.1) is 0 Å². The Bertz CT molecular complexity index is 953. The third kappa shape index (κ3) is 2.48. The SMILES string of the molecule is Cc1ccc(C(=O)N=c2sc3cccc(F)c3n2C)cc1C. The minimum atomic E-state index is -0.314. The molecule has 112 valence electrons. The molecule has 0 radical (unpaired) electrons. The van der Waals surface area contributed by atoms with Crippen LogP contribution in [0.2, 0.25) is 0 Å². The molecule has 0 aliphatic rings. The predicted molar refractivity (Wildman–Crippen MR) is 86.6 cm³/mol. The molecule has 0 saturated carbocycles. The number of fused-ring (bicyclic) bond motifs is 1. The van der Waals surface area contributed by atoms with Crippen LogP contribution < -0.4 is 4.80 Å². The van der Waals surface area contributed by atoms with E-state index in [1.54, 1.807) is 23.7 Å². The number of amides is 1. The van der Waals surface area contributed by atoms with E-state index >= 15 is 0 Å². The summed E-state index contributed by atoms with van der Waals surface area (Å²) >= 11 is 1.30. The van der Waals surface area contributed by atoms with Crippen molar-refractivity contribution in [2.45, 2.75) is 13.8 Å². The van der Waals surface area contributed by atoms with Gasteiger partial charge in [0.1, 0.15) is 5.82 Å². The number of carbonyl (C=O) groups is 1. The van der Waals surface area contributed by atoms with Gasteiger partial charge in [-0.2, -0.15) is 4.99 Å². The lowest BCUT2D eigenvalue weighted by atomic mass is 10.1. The van der Waals surface area contributed by atoms with Crippen LogP contribution in [-0.4, -0.2) is 10.5 Å². The molecule has 0 N–H and O–H groups in total. The van der Waals surface area contributed by atoms with E-state index < -0.39 is 0 Å². The highest BCUT2D eigenvalue weighted by Crippen LogP contribution is 2.19. The van der Waals surface area contributed by atoms with E-state index in [9.17, 15) is 9.18 Å². The fourth-order valence-corrected chi connectivity index (χ4v) is 3.32. The standard InChI is InChI=1S/C17H15FN2OS/c1-10-7-8-12(9-11(10)2)16(21)19-17-20(3)15-13(18)5-4-6-14(15)22-17/h4-9H,1-3H3. The van der Waals surface area contributed by atoms with Crippen LogP contribution in [-0.2, 0) is 7.05 Å². The fourth-order valence-electron chi connectivity index (χ4n) is 2.29. The Kier molecular flexibility index (Phi) is 3.66. The predicted octanol–water partition coefficient (Wildman–Crippen LogP) is 3.74. The summed E-state index contributed by atoms with van der Waals surface area (Å²) in [5.74, 6) is -0.623. The van der Waals surface area contributed by atoms with E-state index in [1.165, 1.54) is 17.4 Å². The Labute approximate surface area is 131 Å². The van der Waals surface area contributed by atoms with Gasteiger partial charge >= 0.3 is 0 Å². The number of rotatable bonds is 1. The number of para-hydroxylation sites is 1. The zero-order valence-electron chi connectivity index (χ0n) is 12.6. The maximum absolute atomic E-state index is 13.9. The van der Waals surface area contributed by atoms with Gasteiger partial charge in [0.2, 0.25) is 0 Å². The van der Waals surface area contributed by atoms with Gasteiger partial charge in [0.05, 0.1) is 10.2 Å².